The van der Waals surface area contributed by atoms with Crippen molar-refractivity contribution >= 4 is 33.8 Å². The predicted molar refractivity (Wildman–Crippen MR) is 96.5 cm³/mol. The van der Waals surface area contributed by atoms with Crippen molar-refractivity contribution in [1.82, 2.24) is 0 Å². The fraction of sp³-hybridized carbons (Fsp3) is 0.158. The summed E-state index contributed by atoms with van der Waals surface area (Å²) in [4.78, 5) is 24.0. The lowest BCUT2D eigenvalue weighted by molar-refractivity contribution is -0.128. The van der Waals surface area contributed by atoms with Crippen LogP contribution in [0.2, 0.25) is 0 Å². The Morgan fingerprint density at radius 1 is 1.15 bits per heavy atom. The van der Waals surface area contributed by atoms with Crippen LogP contribution in [0.3, 0.4) is 0 Å². The van der Waals surface area contributed by atoms with Gasteiger partial charge in [0.2, 0.25) is 0 Å². The first-order valence-corrected chi connectivity index (χ1v) is 8.46. The second kappa shape index (κ2) is 9.24. The Labute approximate surface area is 157 Å². The van der Waals surface area contributed by atoms with Gasteiger partial charge in [-0.05, 0) is 42.0 Å². The second-order valence-electron chi connectivity index (χ2n) is 5.12. The molecule has 0 saturated carbocycles. The number of carbonyl (C=O) groups excluding carboxylic acids is 2. The molecule has 0 heterocycles. The Bertz CT molecular complexity index is 817. The van der Waals surface area contributed by atoms with Gasteiger partial charge in [0.25, 0.3) is 0 Å². The van der Waals surface area contributed by atoms with Crippen LogP contribution in [0.1, 0.15) is 29.3 Å². The molecule has 0 bridgehead atoms. The molecule has 0 aliphatic carbocycles. The molecule has 0 aromatic heterocycles. The number of ether oxygens (including phenoxy) is 2. The maximum atomic E-state index is 12.1. The third-order valence-corrected chi connectivity index (χ3v) is 3.78. The topological polar surface area (TPSA) is 52.6 Å². The summed E-state index contributed by atoms with van der Waals surface area (Å²) in [6.07, 6.45) is 2.93. The summed E-state index contributed by atoms with van der Waals surface area (Å²) in [6, 6.07) is 10.6. The third-order valence-electron chi connectivity index (χ3n) is 3.29. The summed E-state index contributed by atoms with van der Waals surface area (Å²) in [5, 5.41) is 0. The molecule has 0 unspecified atom stereocenters. The molecule has 0 amide bonds. The van der Waals surface area contributed by atoms with Gasteiger partial charge in [0.15, 0.2) is 5.78 Å². The third kappa shape index (κ3) is 5.77. The smallest absolute Gasteiger partial charge is 0.387 e. The lowest BCUT2D eigenvalue weighted by Gasteiger charge is -2.08. The van der Waals surface area contributed by atoms with E-state index in [2.05, 4.69) is 20.7 Å². The standard InChI is InChI=1S/C19H15BrF2O4/c1-2-16(23)15-11-13(20)6-9-17(15)26-18(24)10-5-12-3-7-14(8-4-12)25-19(21)22/h3-11,19H,2H2,1H3. The van der Waals surface area contributed by atoms with Crippen molar-refractivity contribution in [2.24, 2.45) is 0 Å². The summed E-state index contributed by atoms with van der Waals surface area (Å²) in [5.74, 6) is -0.606. The molecule has 0 fully saturated rings. The summed E-state index contributed by atoms with van der Waals surface area (Å²) in [7, 11) is 0. The van der Waals surface area contributed by atoms with Crippen molar-refractivity contribution in [1.29, 1.82) is 0 Å². The van der Waals surface area contributed by atoms with Crippen molar-refractivity contribution in [2.45, 2.75) is 20.0 Å². The van der Waals surface area contributed by atoms with E-state index < -0.39 is 12.6 Å². The van der Waals surface area contributed by atoms with E-state index >= 15 is 0 Å². The molecule has 0 aliphatic rings. The van der Waals surface area contributed by atoms with Gasteiger partial charge in [0.1, 0.15) is 11.5 Å². The molecule has 2 aromatic rings. The minimum atomic E-state index is -2.89. The highest BCUT2D eigenvalue weighted by atomic mass is 79.9. The molecule has 0 spiro atoms. The fourth-order valence-electron chi connectivity index (χ4n) is 2.07. The molecule has 2 rings (SSSR count). The molecule has 0 atom stereocenters. The van der Waals surface area contributed by atoms with Crippen LogP contribution < -0.4 is 9.47 Å². The molecule has 0 aliphatic heterocycles. The van der Waals surface area contributed by atoms with Gasteiger partial charge in [-0.15, -0.1) is 0 Å². The van der Waals surface area contributed by atoms with Crippen molar-refractivity contribution in [3.63, 3.8) is 0 Å². The summed E-state index contributed by atoms with van der Waals surface area (Å²) in [5.41, 5.74) is 0.918. The Morgan fingerprint density at radius 3 is 2.46 bits per heavy atom. The van der Waals surface area contributed by atoms with Gasteiger partial charge in [-0.3, -0.25) is 4.79 Å². The number of rotatable bonds is 7. The van der Waals surface area contributed by atoms with Gasteiger partial charge in [-0.1, -0.05) is 35.0 Å². The van der Waals surface area contributed by atoms with Crippen LogP contribution in [-0.4, -0.2) is 18.4 Å². The molecular weight excluding hydrogens is 410 g/mol. The molecule has 0 saturated heterocycles. The van der Waals surface area contributed by atoms with E-state index in [4.69, 9.17) is 4.74 Å². The summed E-state index contributed by atoms with van der Waals surface area (Å²) >= 11 is 3.28. The van der Waals surface area contributed by atoms with Crippen LogP contribution in [0.15, 0.2) is 53.0 Å². The van der Waals surface area contributed by atoms with E-state index in [0.717, 1.165) is 0 Å². The first-order valence-electron chi connectivity index (χ1n) is 7.66. The minimum Gasteiger partial charge on any atom is -0.435 e. The van der Waals surface area contributed by atoms with Gasteiger partial charge < -0.3 is 9.47 Å². The predicted octanol–water partition coefficient (Wildman–Crippen LogP) is 5.26. The van der Waals surface area contributed by atoms with Crippen molar-refractivity contribution in [2.75, 3.05) is 0 Å². The lowest BCUT2D eigenvalue weighted by atomic mass is 10.1. The normalized spacial score (nSPS) is 11.0. The average Bonchev–Trinajstić information content (AvgIpc) is 2.61. The largest absolute Gasteiger partial charge is 0.435 e. The average molecular weight is 425 g/mol. The Hall–Kier alpha value is -2.54. The van der Waals surface area contributed by atoms with Crippen LogP contribution >= 0.6 is 15.9 Å². The maximum Gasteiger partial charge on any atom is 0.387 e. The van der Waals surface area contributed by atoms with E-state index in [1.54, 1.807) is 19.1 Å². The van der Waals surface area contributed by atoms with Crippen LogP contribution in [0.5, 0.6) is 11.5 Å². The van der Waals surface area contributed by atoms with Gasteiger partial charge in [-0.2, -0.15) is 8.78 Å². The number of benzene rings is 2. The highest BCUT2D eigenvalue weighted by Gasteiger charge is 2.13. The Kier molecular flexibility index (Phi) is 7.03. The highest BCUT2D eigenvalue weighted by Crippen LogP contribution is 2.25. The number of halogens is 3. The molecule has 7 heteroatoms. The van der Waals surface area contributed by atoms with Gasteiger partial charge in [0, 0.05) is 17.0 Å². The molecule has 0 radical (unpaired) electrons. The Morgan fingerprint density at radius 2 is 1.85 bits per heavy atom. The quantitative estimate of drug-likeness (QED) is 0.263. The molecule has 4 nitrogen and oxygen atoms in total. The van der Waals surface area contributed by atoms with Gasteiger partial charge in [-0.25, -0.2) is 4.79 Å². The molecule has 0 N–H and O–H groups in total. The number of hydrogen-bond acceptors (Lipinski definition) is 4. The number of ketones is 1. The van der Waals surface area contributed by atoms with Crippen molar-refractivity contribution < 1.29 is 27.8 Å². The SMILES string of the molecule is CCC(=O)c1cc(Br)ccc1OC(=O)C=Cc1ccc(OC(F)F)cc1. The van der Waals surface area contributed by atoms with Crippen molar-refractivity contribution in [3.05, 3.63) is 64.1 Å². The number of Topliss-reactive ketones (excluding diaryl/α,β-unsaturated/α-hetero) is 1. The number of esters is 1. The van der Waals surface area contributed by atoms with Crippen LogP contribution in [0, 0.1) is 0 Å². The van der Waals surface area contributed by atoms with Crippen LogP contribution in [0.4, 0.5) is 8.78 Å². The van der Waals surface area contributed by atoms with Gasteiger partial charge >= 0.3 is 12.6 Å². The monoisotopic (exact) mass is 424 g/mol. The van der Waals surface area contributed by atoms with E-state index in [1.165, 1.54) is 42.5 Å². The fourth-order valence-corrected chi connectivity index (χ4v) is 2.43. The molecule has 26 heavy (non-hydrogen) atoms. The first kappa shape index (κ1) is 19.8. The molecular formula is C19H15BrF2O4. The Balaban J connectivity index is 2.07. The minimum absolute atomic E-state index is 0.0253. The zero-order valence-corrected chi connectivity index (χ0v) is 15.3. The maximum absolute atomic E-state index is 12.1. The van der Waals surface area contributed by atoms with E-state index in [0.29, 0.717) is 15.6 Å². The molecule has 136 valence electrons. The lowest BCUT2D eigenvalue weighted by Crippen LogP contribution is -2.08. The van der Waals surface area contributed by atoms with E-state index in [9.17, 15) is 18.4 Å². The highest BCUT2D eigenvalue weighted by molar-refractivity contribution is 9.10. The van der Waals surface area contributed by atoms with Crippen LogP contribution in [-0.2, 0) is 4.79 Å². The second-order valence-corrected chi connectivity index (χ2v) is 6.03. The molecule has 2 aromatic carbocycles. The summed E-state index contributed by atoms with van der Waals surface area (Å²) in [6.45, 7) is -1.17. The zero-order chi connectivity index (χ0) is 19.1. The van der Waals surface area contributed by atoms with Crippen molar-refractivity contribution in [3.8, 4) is 11.5 Å². The van der Waals surface area contributed by atoms with Crippen LogP contribution in [0.25, 0.3) is 6.08 Å². The summed E-state index contributed by atoms with van der Waals surface area (Å²) < 4.78 is 34.4. The number of hydrogen-bond donors (Lipinski definition) is 0. The van der Waals surface area contributed by atoms with Gasteiger partial charge in [0.05, 0.1) is 5.56 Å². The zero-order valence-electron chi connectivity index (χ0n) is 13.7. The van der Waals surface area contributed by atoms with E-state index in [1.807, 2.05) is 0 Å². The number of carbonyl (C=O) groups is 2. The van der Waals surface area contributed by atoms with E-state index in [-0.39, 0.29) is 23.7 Å². The number of alkyl halides is 2. The first-order chi connectivity index (χ1) is 12.4.